The average molecular weight is 613 g/mol. The van der Waals surface area contributed by atoms with E-state index in [0.717, 1.165) is 45.5 Å². The summed E-state index contributed by atoms with van der Waals surface area (Å²) in [5, 5.41) is 24.5. The number of imidazole rings is 2. The first-order valence-electron chi connectivity index (χ1n) is 13.9. The van der Waals surface area contributed by atoms with Gasteiger partial charge in [-0.15, -0.1) is 0 Å². The van der Waals surface area contributed by atoms with Crippen molar-refractivity contribution in [3.8, 4) is 0 Å². The van der Waals surface area contributed by atoms with Crippen LogP contribution in [-0.2, 0) is 13.1 Å². The van der Waals surface area contributed by atoms with Crippen LogP contribution in [0, 0.1) is 26.0 Å². The summed E-state index contributed by atoms with van der Waals surface area (Å²) in [5.74, 6) is -0.464. The van der Waals surface area contributed by atoms with E-state index in [1.165, 1.54) is 12.1 Å². The lowest BCUT2D eigenvalue weighted by Crippen LogP contribution is -2.13. The van der Waals surface area contributed by atoms with Gasteiger partial charge in [0.05, 0.1) is 57.7 Å². The molecule has 0 amide bonds. The summed E-state index contributed by atoms with van der Waals surface area (Å²) in [5.41, 5.74) is 5.69. The molecule has 0 bridgehead atoms. The van der Waals surface area contributed by atoms with Crippen LogP contribution < -0.4 is 10.2 Å². The quantitative estimate of drug-likeness (QED) is 0.171. The van der Waals surface area contributed by atoms with Gasteiger partial charge in [0.15, 0.2) is 0 Å². The number of nitrogens with zero attached hydrogens (tertiary/aromatic N) is 7. The number of benzene rings is 4. The molecular formula is C32H33FN8O4. The number of non-ortho nitro benzene ring substituents is 2. The highest BCUT2D eigenvalue weighted by molar-refractivity contribution is 5.76. The summed E-state index contributed by atoms with van der Waals surface area (Å²) in [6.45, 7) is 0.740. The van der Waals surface area contributed by atoms with E-state index in [4.69, 9.17) is 0 Å². The predicted octanol–water partition coefficient (Wildman–Crippen LogP) is 6.03. The third-order valence-corrected chi connectivity index (χ3v) is 6.73. The minimum absolute atomic E-state index is 0.102. The van der Waals surface area contributed by atoms with Crippen LogP contribution >= 0.6 is 0 Å². The Morgan fingerprint density at radius 1 is 0.733 bits per heavy atom. The second kappa shape index (κ2) is 14.7. The van der Waals surface area contributed by atoms with E-state index in [2.05, 4.69) is 15.3 Å². The van der Waals surface area contributed by atoms with E-state index in [1.807, 2.05) is 86.2 Å². The molecule has 4 aromatic carbocycles. The highest BCUT2D eigenvalue weighted by atomic mass is 19.1. The Bertz CT molecular complexity index is 1940. The summed E-state index contributed by atoms with van der Waals surface area (Å²) in [6.07, 6.45) is 3.37. The molecule has 0 aliphatic rings. The molecule has 2 heterocycles. The van der Waals surface area contributed by atoms with Crippen LogP contribution in [0.2, 0.25) is 0 Å². The zero-order valence-electron chi connectivity index (χ0n) is 25.3. The largest absolute Gasteiger partial charge is 0.377 e. The Morgan fingerprint density at radius 3 is 1.67 bits per heavy atom. The Hall–Kier alpha value is -5.69. The van der Waals surface area contributed by atoms with Gasteiger partial charge in [0, 0.05) is 55.2 Å². The van der Waals surface area contributed by atoms with Crippen LogP contribution in [0.25, 0.3) is 22.1 Å². The number of para-hydroxylation sites is 4. The van der Waals surface area contributed by atoms with E-state index in [9.17, 15) is 24.6 Å². The van der Waals surface area contributed by atoms with Crippen LogP contribution in [0.1, 0.15) is 11.1 Å². The van der Waals surface area contributed by atoms with Gasteiger partial charge in [-0.05, 0) is 50.5 Å². The van der Waals surface area contributed by atoms with E-state index in [0.29, 0.717) is 6.54 Å². The lowest BCUT2D eigenvalue weighted by molar-refractivity contribution is -0.385. The molecule has 0 fully saturated rings. The van der Waals surface area contributed by atoms with Gasteiger partial charge in [0.1, 0.15) is 5.82 Å². The maximum absolute atomic E-state index is 13.8. The third-order valence-electron chi connectivity index (χ3n) is 6.73. The molecule has 6 aromatic rings. The summed E-state index contributed by atoms with van der Waals surface area (Å²) >= 11 is 0. The molecule has 2 aromatic heterocycles. The smallest absolute Gasteiger partial charge is 0.269 e. The van der Waals surface area contributed by atoms with Crippen LogP contribution in [0.3, 0.4) is 0 Å². The maximum Gasteiger partial charge on any atom is 0.269 e. The van der Waals surface area contributed by atoms with Gasteiger partial charge in [0.25, 0.3) is 11.4 Å². The molecule has 0 aliphatic heterocycles. The summed E-state index contributed by atoms with van der Waals surface area (Å²) in [7, 11) is 7.60. The van der Waals surface area contributed by atoms with E-state index in [-0.39, 0.29) is 28.4 Å². The fraction of sp³-hybridized carbons (Fsp3) is 0.188. The molecule has 45 heavy (non-hydrogen) atoms. The second-order valence-corrected chi connectivity index (χ2v) is 10.2. The lowest BCUT2D eigenvalue weighted by atomic mass is 10.1. The standard InChI is InChI=1S/C16H16N4O2.C14H10FN3O2.C2H7N/c1-18(2)15-8-7-13(20(21)22)9-12(15)10-19-11-17-14-5-3-4-6-16(14)19;15-12-6-5-11(18(19)20)7-10(12)8-17-9-16-13-3-1-2-4-14(13)17;1-3-2/h3-9,11H,10H2,1-2H3;1-7,9H,8H2;3H,1-2H3. The Labute approximate surface area is 258 Å². The maximum atomic E-state index is 13.8. The van der Waals surface area contributed by atoms with Gasteiger partial charge in [0.2, 0.25) is 0 Å². The number of halogens is 1. The van der Waals surface area contributed by atoms with Crippen molar-refractivity contribution in [1.29, 1.82) is 0 Å². The number of nitrogens with one attached hydrogen (secondary N) is 1. The number of hydrogen-bond acceptors (Lipinski definition) is 8. The topological polar surface area (TPSA) is 137 Å². The van der Waals surface area contributed by atoms with Crippen molar-refractivity contribution < 1.29 is 14.2 Å². The van der Waals surface area contributed by atoms with Crippen LogP contribution in [0.4, 0.5) is 21.5 Å². The van der Waals surface area contributed by atoms with Crippen molar-refractivity contribution in [2.24, 2.45) is 0 Å². The molecule has 0 unspecified atom stereocenters. The monoisotopic (exact) mass is 612 g/mol. The summed E-state index contributed by atoms with van der Waals surface area (Å²) < 4.78 is 17.5. The van der Waals surface area contributed by atoms with Gasteiger partial charge in [-0.1, -0.05) is 24.3 Å². The van der Waals surface area contributed by atoms with E-state index in [1.54, 1.807) is 29.4 Å². The molecule has 0 aliphatic carbocycles. The molecular weight excluding hydrogens is 579 g/mol. The molecule has 1 N–H and O–H groups in total. The fourth-order valence-electron chi connectivity index (χ4n) is 4.68. The number of nitro groups is 2. The average Bonchev–Trinajstić information content (AvgIpc) is 3.63. The number of rotatable bonds is 7. The zero-order chi connectivity index (χ0) is 32.5. The molecule has 0 spiro atoms. The summed E-state index contributed by atoms with van der Waals surface area (Å²) in [4.78, 5) is 31.4. The molecule has 0 radical (unpaired) electrons. The van der Waals surface area contributed by atoms with Crippen molar-refractivity contribution in [3.05, 3.63) is 135 Å². The Balaban J connectivity index is 0.000000189. The normalized spacial score (nSPS) is 10.5. The first kappa shape index (κ1) is 32.2. The number of nitro benzene ring substituents is 2. The van der Waals surface area contributed by atoms with Crippen molar-refractivity contribution in [2.45, 2.75) is 13.1 Å². The molecule has 13 heteroatoms. The minimum Gasteiger partial charge on any atom is -0.377 e. The van der Waals surface area contributed by atoms with Gasteiger partial charge >= 0.3 is 0 Å². The van der Waals surface area contributed by atoms with Crippen LogP contribution in [-0.4, -0.2) is 57.1 Å². The highest BCUT2D eigenvalue weighted by Gasteiger charge is 2.14. The first-order chi connectivity index (χ1) is 21.6. The molecule has 6 rings (SSSR count). The SMILES string of the molecule is CN(C)c1ccc([N+](=O)[O-])cc1Cn1cnc2ccccc21.CNC.O=[N+]([O-])c1ccc(F)c(Cn2cnc3ccccc32)c1. The number of aromatic nitrogens is 4. The zero-order valence-corrected chi connectivity index (χ0v) is 25.3. The van der Waals surface area contributed by atoms with Gasteiger partial charge in [-0.25, -0.2) is 14.4 Å². The molecule has 232 valence electrons. The molecule has 0 atom stereocenters. The van der Waals surface area contributed by atoms with Gasteiger partial charge in [-0.3, -0.25) is 20.2 Å². The van der Waals surface area contributed by atoms with Crippen molar-refractivity contribution in [2.75, 3.05) is 33.1 Å². The van der Waals surface area contributed by atoms with Crippen LogP contribution in [0.15, 0.2) is 97.6 Å². The highest BCUT2D eigenvalue weighted by Crippen LogP contribution is 2.26. The fourth-order valence-corrected chi connectivity index (χ4v) is 4.68. The third kappa shape index (κ3) is 7.83. The van der Waals surface area contributed by atoms with E-state index >= 15 is 0 Å². The van der Waals surface area contributed by atoms with Crippen molar-refractivity contribution >= 4 is 39.1 Å². The predicted molar refractivity (Wildman–Crippen MR) is 173 cm³/mol. The number of anilines is 1. The van der Waals surface area contributed by atoms with Crippen molar-refractivity contribution in [1.82, 2.24) is 24.4 Å². The molecule has 0 saturated carbocycles. The molecule has 0 saturated heterocycles. The van der Waals surface area contributed by atoms with Crippen molar-refractivity contribution in [3.63, 3.8) is 0 Å². The first-order valence-corrected chi connectivity index (χ1v) is 13.9. The number of hydrogen-bond donors (Lipinski definition) is 1. The summed E-state index contributed by atoms with van der Waals surface area (Å²) in [6, 6.07) is 23.8. The molecule has 12 nitrogen and oxygen atoms in total. The lowest BCUT2D eigenvalue weighted by Gasteiger charge is -2.17. The minimum atomic E-state index is -0.533. The van der Waals surface area contributed by atoms with Gasteiger partial charge < -0.3 is 19.4 Å². The second-order valence-electron chi connectivity index (χ2n) is 10.2. The Morgan fingerprint density at radius 2 is 1.18 bits per heavy atom. The van der Waals surface area contributed by atoms with Crippen LogP contribution in [0.5, 0.6) is 0 Å². The van der Waals surface area contributed by atoms with E-state index < -0.39 is 10.7 Å². The number of fused-ring (bicyclic) bond motifs is 2. The van der Waals surface area contributed by atoms with Gasteiger partial charge in [-0.2, -0.15) is 0 Å². The Kier molecular flexibility index (Phi) is 10.5.